The molecule has 0 heterocycles. The van der Waals surface area contributed by atoms with Crippen LogP contribution in [0.5, 0.6) is 0 Å². The summed E-state index contributed by atoms with van der Waals surface area (Å²) in [5.41, 5.74) is 5.95. The number of benzene rings is 1. The first kappa shape index (κ1) is 16.7. The largest absolute Gasteiger partial charge is 0.381 e. The fraction of sp³-hybridized carbons (Fsp3) is 0.571. The van der Waals surface area contributed by atoms with Crippen LogP contribution in [-0.2, 0) is 21.3 Å². The highest BCUT2D eigenvalue weighted by molar-refractivity contribution is 7.89. The highest BCUT2D eigenvalue weighted by Crippen LogP contribution is 2.43. The third-order valence-corrected chi connectivity index (χ3v) is 6.15. The summed E-state index contributed by atoms with van der Waals surface area (Å²) in [6.45, 7) is 4.18. The Morgan fingerprint density at radius 3 is 2.67 bits per heavy atom. The molecule has 21 heavy (non-hydrogen) atoms. The molecule has 118 valence electrons. The summed E-state index contributed by atoms with van der Waals surface area (Å²) in [6.07, 6.45) is 0.732. The lowest BCUT2D eigenvalue weighted by Gasteiger charge is -2.50. The van der Waals surface area contributed by atoms with Crippen LogP contribution < -0.4 is 10.5 Å². The standard InChI is InChI=1S/C14H21ClN2O3S/c1-14(2)12(7-13(14)20-3)17-21(18,19)10-4-5-11(15)9(6-10)8-16/h4-6,12-13,17H,7-8,16H2,1-3H3. The van der Waals surface area contributed by atoms with Crippen LogP contribution in [0.4, 0.5) is 0 Å². The van der Waals surface area contributed by atoms with Gasteiger partial charge in [0.05, 0.1) is 11.0 Å². The van der Waals surface area contributed by atoms with Crippen LogP contribution in [0.2, 0.25) is 5.02 Å². The van der Waals surface area contributed by atoms with E-state index < -0.39 is 10.0 Å². The highest BCUT2D eigenvalue weighted by atomic mass is 35.5. The lowest BCUT2D eigenvalue weighted by molar-refractivity contribution is -0.0908. The van der Waals surface area contributed by atoms with E-state index in [4.69, 9.17) is 22.1 Å². The number of nitrogens with two attached hydrogens (primary N) is 1. The minimum absolute atomic E-state index is 0.0648. The first-order chi connectivity index (χ1) is 9.72. The predicted molar refractivity (Wildman–Crippen MR) is 82.6 cm³/mol. The Balaban J connectivity index is 2.20. The molecule has 0 aromatic heterocycles. The molecule has 1 aliphatic rings. The van der Waals surface area contributed by atoms with Gasteiger partial charge in [0.2, 0.25) is 10.0 Å². The van der Waals surface area contributed by atoms with Gasteiger partial charge in [-0.3, -0.25) is 0 Å². The average Bonchev–Trinajstić information content (AvgIpc) is 2.43. The van der Waals surface area contributed by atoms with Gasteiger partial charge in [-0.1, -0.05) is 25.4 Å². The molecule has 1 fully saturated rings. The average molecular weight is 333 g/mol. The predicted octanol–water partition coefficient (Wildman–Crippen LogP) is 1.89. The van der Waals surface area contributed by atoms with E-state index in [-0.39, 0.29) is 29.0 Å². The molecular formula is C14H21ClN2O3S. The number of hydrogen-bond donors (Lipinski definition) is 2. The fourth-order valence-corrected chi connectivity index (χ4v) is 4.27. The molecule has 1 aromatic rings. The second-order valence-electron chi connectivity index (χ2n) is 5.91. The molecule has 2 unspecified atom stereocenters. The Bertz CT molecular complexity index is 631. The molecule has 0 bridgehead atoms. The molecule has 1 saturated carbocycles. The lowest BCUT2D eigenvalue weighted by atomic mass is 9.65. The zero-order valence-electron chi connectivity index (χ0n) is 12.4. The Labute approximate surface area is 130 Å². The minimum Gasteiger partial charge on any atom is -0.381 e. The molecule has 0 aliphatic heterocycles. The molecule has 3 N–H and O–H groups in total. The van der Waals surface area contributed by atoms with Gasteiger partial charge in [-0.05, 0) is 30.2 Å². The van der Waals surface area contributed by atoms with E-state index in [0.29, 0.717) is 17.0 Å². The summed E-state index contributed by atoms with van der Waals surface area (Å²) in [6, 6.07) is 4.42. The molecule has 0 spiro atoms. The maximum atomic E-state index is 12.5. The quantitative estimate of drug-likeness (QED) is 0.862. The van der Waals surface area contributed by atoms with Crippen molar-refractivity contribution in [1.29, 1.82) is 0 Å². The van der Waals surface area contributed by atoms with E-state index in [2.05, 4.69) is 4.72 Å². The van der Waals surface area contributed by atoms with Crippen molar-refractivity contribution in [2.75, 3.05) is 7.11 Å². The van der Waals surface area contributed by atoms with Crippen LogP contribution in [0.3, 0.4) is 0 Å². The molecule has 1 aliphatic carbocycles. The Morgan fingerprint density at radius 1 is 1.48 bits per heavy atom. The van der Waals surface area contributed by atoms with Crippen LogP contribution in [0.15, 0.2) is 23.1 Å². The summed E-state index contributed by atoms with van der Waals surface area (Å²) in [5, 5.41) is 0.472. The first-order valence-electron chi connectivity index (χ1n) is 6.76. The lowest BCUT2D eigenvalue weighted by Crippen LogP contribution is -2.61. The summed E-state index contributed by atoms with van der Waals surface area (Å²) in [4.78, 5) is 0.184. The number of halogens is 1. The molecule has 5 nitrogen and oxygen atoms in total. The number of methoxy groups -OCH3 is 1. The van der Waals surface area contributed by atoms with E-state index in [1.165, 1.54) is 12.1 Å². The van der Waals surface area contributed by atoms with Gasteiger partial charge in [-0.25, -0.2) is 13.1 Å². The van der Waals surface area contributed by atoms with Crippen LogP contribution in [0, 0.1) is 5.41 Å². The molecule has 0 amide bonds. The maximum Gasteiger partial charge on any atom is 0.240 e. The van der Waals surface area contributed by atoms with Crippen LogP contribution >= 0.6 is 11.6 Å². The van der Waals surface area contributed by atoms with E-state index in [1.54, 1.807) is 13.2 Å². The summed E-state index contributed by atoms with van der Waals surface area (Å²) >= 11 is 5.96. The maximum absolute atomic E-state index is 12.5. The summed E-state index contributed by atoms with van der Waals surface area (Å²) in [7, 11) is -1.95. The van der Waals surface area contributed by atoms with E-state index in [0.717, 1.165) is 0 Å². The Morgan fingerprint density at radius 2 is 2.14 bits per heavy atom. The molecule has 0 saturated heterocycles. The zero-order chi connectivity index (χ0) is 15.8. The molecule has 1 aromatic carbocycles. The van der Waals surface area contributed by atoms with E-state index in [9.17, 15) is 8.42 Å². The van der Waals surface area contributed by atoms with Crippen molar-refractivity contribution in [3.8, 4) is 0 Å². The van der Waals surface area contributed by atoms with Gasteiger partial charge in [0, 0.05) is 30.1 Å². The minimum atomic E-state index is -3.59. The number of ether oxygens (including phenoxy) is 1. The zero-order valence-corrected chi connectivity index (χ0v) is 14.0. The van der Waals surface area contributed by atoms with Gasteiger partial charge in [0.15, 0.2) is 0 Å². The van der Waals surface area contributed by atoms with Crippen molar-refractivity contribution < 1.29 is 13.2 Å². The molecule has 7 heteroatoms. The Hall–Kier alpha value is -0.660. The third kappa shape index (κ3) is 3.10. The number of sulfonamides is 1. The van der Waals surface area contributed by atoms with Gasteiger partial charge in [-0.15, -0.1) is 0 Å². The van der Waals surface area contributed by atoms with Crippen molar-refractivity contribution in [2.45, 2.75) is 43.9 Å². The molecule has 2 atom stereocenters. The second-order valence-corrected chi connectivity index (χ2v) is 8.03. The van der Waals surface area contributed by atoms with Crippen molar-refractivity contribution in [3.05, 3.63) is 28.8 Å². The van der Waals surface area contributed by atoms with Crippen LogP contribution in [0.25, 0.3) is 0 Å². The SMILES string of the molecule is COC1CC(NS(=O)(=O)c2ccc(Cl)c(CN)c2)C1(C)C. The van der Waals surface area contributed by atoms with Gasteiger partial charge in [0.25, 0.3) is 0 Å². The van der Waals surface area contributed by atoms with E-state index in [1.807, 2.05) is 13.8 Å². The van der Waals surface area contributed by atoms with Crippen molar-refractivity contribution in [1.82, 2.24) is 4.72 Å². The number of hydrogen-bond acceptors (Lipinski definition) is 4. The first-order valence-corrected chi connectivity index (χ1v) is 8.62. The van der Waals surface area contributed by atoms with Crippen molar-refractivity contribution in [2.24, 2.45) is 11.1 Å². The number of nitrogens with one attached hydrogen (secondary N) is 1. The van der Waals surface area contributed by atoms with Gasteiger partial charge < -0.3 is 10.5 Å². The normalized spacial score (nSPS) is 24.6. The van der Waals surface area contributed by atoms with Crippen LogP contribution in [0.1, 0.15) is 25.8 Å². The van der Waals surface area contributed by atoms with Gasteiger partial charge >= 0.3 is 0 Å². The molecular weight excluding hydrogens is 312 g/mol. The monoisotopic (exact) mass is 332 g/mol. The number of rotatable bonds is 5. The molecule has 2 rings (SSSR count). The van der Waals surface area contributed by atoms with Crippen molar-refractivity contribution in [3.63, 3.8) is 0 Å². The van der Waals surface area contributed by atoms with Crippen molar-refractivity contribution >= 4 is 21.6 Å². The summed E-state index contributed by atoms with van der Waals surface area (Å²) in [5.74, 6) is 0. The molecule has 0 radical (unpaired) electrons. The van der Waals surface area contributed by atoms with Crippen LogP contribution in [-0.4, -0.2) is 27.7 Å². The summed E-state index contributed by atoms with van der Waals surface area (Å²) < 4.78 is 33.0. The smallest absolute Gasteiger partial charge is 0.240 e. The third-order valence-electron chi connectivity index (χ3n) is 4.31. The van der Waals surface area contributed by atoms with E-state index >= 15 is 0 Å². The van der Waals surface area contributed by atoms with Gasteiger partial charge in [0.1, 0.15) is 0 Å². The fourth-order valence-electron chi connectivity index (χ4n) is 2.62. The Kier molecular flexibility index (Phi) is 4.66. The topological polar surface area (TPSA) is 81.4 Å². The highest BCUT2D eigenvalue weighted by Gasteiger charge is 2.50. The second kappa shape index (κ2) is 5.85. The van der Waals surface area contributed by atoms with Gasteiger partial charge in [-0.2, -0.15) is 0 Å².